The minimum Gasteiger partial charge on any atom is -0.481 e. The molecular weight excluding hydrogens is 262 g/mol. The zero-order valence-corrected chi connectivity index (χ0v) is 11.3. The summed E-state index contributed by atoms with van der Waals surface area (Å²) < 4.78 is 0. The lowest BCUT2D eigenvalue weighted by molar-refractivity contribution is -0.138. The van der Waals surface area contributed by atoms with Crippen LogP contribution in [0.3, 0.4) is 0 Å². The fourth-order valence-electron chi connectivity index (χ4n) is 2.62. The van der Waals surface area contributed by atoms with Crippen LogP contribution in [0.15, 0.2) is 17.8 Å². The van der Waals surface area contributed by atoms with Crippen LogP contribution in [-0.4, -0.2) is 34.1 Å². The Morgan fingerprint density at radius 3 is 2.95 bits per heavy atom. The molecule has 3 rings (SSSR count). The van der Waals surface area contributed by atoms with Crippen molar-refractivity contribution in [1.82, 2.24) is 9.97 Å². The number of thiophene rings is 1. The SMILES string of the molecule is O=C(O)CC1CCN(c2ncnc3sccc23)CC1. The molecule has 100 valence electrons. The summed E-state index contributed by atoms with van der Waals surface area (Å²) in [5.74, 6) is 0.592. The summed E-state index contributed by atoms with van der Waals surface area (Å²) in [4.78, 5) is 22.6. The molecule has 6 heteroatoms. The van der Waals surface area contributed by atoms with Crippen molar-refractivity contribution < 1.29 is 9.90 Å². The Bertz CT molecular complexity index is 590. The third kappa shape index (κ3) is 2.53. The lowest BCUT2D eigenvalue weighted by Crippen LogP contribution is -2.35. The second-order valence-corrected chi connectivity index (χ2v) is 5.76. The van der Waals surface area contributed by atoms with Gasteiger partial charge in [0.15, 0.2) is 0 Å². The van der Waals surface area contributed by atoms with Crippen molar-refractivity contribution in [3.63, 3.8) is 0 Å². The van der Waals surface area contributed by atoms with Crippen LogP contribution in [0.2, 0.25) is 0 Å². The van der Waals surface area contributed by atoms with Crippen molar-refractivity contribution in [1.29, 1.82) is 0 Å². The number of rotatable bonds is 3. The van der Waals surface area contributed by atoms with Crippen molar-refractivity contribution in [2.45, 2.75) is 19.3 Å². The van der Waals surface area contributed by atoms with Crippen LogP contribution in [0.4, 0.5) is 5.82 Å². The molecular formula is C13H15N3O2S. The molecule has 0 spiro atoms. The Kier molecular flexibility index (Phi) is 3.33. The van der Waals surface area contributed by atoms with Crippen LogP contribution in [0, 0.1) is 5.92 Å². The number of hydrogen-bond acceptors (Lipinski definition) is 5. The standard InChI is InChI=1S/C13H15N3O2S/c17-11(18)7-9-1-4-16(5-2-9)12-10-3-6-19-13(10)15-8-14-12/h3,6,8-9H,1-2,4-5,7H2,(H,17,18). The first-order valence-corrected chi connectivity index (χ1v) is 7.27. The summed E-state index contributed by atoms with van der Waals surface area (Å²) in [5, 5.41) is 12.0. The number of carboxylic acids is 1. The molecule has 2 aromatic rings. The third-order valence-electron chi connectivity index (χ3n) is 3.62. The van der Waals surface area contributed by atoms with Gasteiger partial charge in [-0.2, -0.15) is 0 Å². The van der Waals surface area contributed by atoms with E-state index >= 15 is 0 Å². The number of aromatic nitrogens is 2. The largest absolute Gasteiger partial charge is 0.481 e. The Balaban J connectivity index is 1.75. The first-order chi connectivity index (χ1) is 9.24. The van der Waals surface area contributed by atoms with Crippen LogP contribution in [0.25, 0.3) is 10.2 Å². The summed E-state index contributed by atoms with van der Waals surface area (Å²) in [7, 11) is 0. The van der Waals surface area contributed by atoms with Crippen LogP contribution in [0.5, 0.6) is 0 Å². The van der Waals surface area contributed by atoms with Crippen LogP contribution in [-0.2, 0) is 4.79 Å². The number of anilines is 1. The highest BCUT2D eigenvalue weighted by molar-refractivity contribution is 7.16. The number of aliphatic carboxylic acids is 1. The molecule has 0 saturated carbocycles. The molecule has 0 atom stereocenters. The normalized spacial score (nSPS) is 16.9. The number of fused-ring (bicyclic) bond motifs is 1. The van der Waals surface area contributed by atoms with Gasteiger partial charge in [-0.3, -0.25) is 4.79 Å². The van der Waals surface area contributed by atoms with Gasteiger partial charge in [0.2, 0.25) is 0 Å². The van der Waals surface area contributed by atoms with Gasteiger partial charge in [0.1, 0.15) is 17.0 Å². The Morgan fingerprint density at radius 2 is 2.21 bits per heavy atom. The average molecular weight is 277 g/mol. The van der Waals surface area contributed by atoms with Gasteiger partial charge in [-0.1, -0.05) is 0 Å². The summed E-state index contributed by atoms with van der Waals surface area (Å²) in [6, 6.07) is 2.05. The fraction of sp³-hybridized carbons (Fsp3) is 0.462. The number of piperidine rings is 1. The lowest BCUT2D eigenvalue weighted by atomic mass is 9.93. The van der Waals surface area contributed by atoms with Crippen LogP contribution >= 0.6 is 11.3 Å². The smallest absolute Gasteiger partial charge is 0.303 e. The summed E-state index contributed by atoms with van der Waals surface area (Å²) >= 11 is 1.62. The predicted molar refractivity (Wildman–Crippen MR) is 74.6 cm³/mol. The molecule has 1 saturated heterocycles. The van der Waals surface area contributed by atoms with E-state index in [4.69, 9.17) is 5.11 Å². The zero-order chi connectivity index (χ0) is 13.2. The van der Waals surface area contributed by atoms with Gasteiger partial charge in [0, 0.05) is 19.5 Å². The highest BCUT2D eigenvalue weighted by Gasteiger charge is 2.23. The van der Waals surface area contributed by atoms with Gasteiger partial charge in [0.25, 0.3) is 0 Å². The number of carbonyl (C=O) groups is 1. The fourth-order valence-corrected chi connectivity index (χ4v) is 3.35. The Morgan fingerprint density at radius 1 is 1.42 bits per heavy atom. The van der Waals surface area contributed by atoms with E-state index in [0.717, 1.165) is 42.0 Å². The molecule has 0 bridgehead atoms. The highest BCUT2D eigenvalue weighted by Crippen LogP contribution is 2.30. The Hall–Kier alpha value is -1.69. The van der Waals surface area contributed by atoms with Crippen molar-refractivity contribution >= 4 is 33.3 Å². The molecule has 0 amide bonds. The van der Waals surface area contributed by atoms with Crippen molar-refractivity contribution in [2.24, 2.45) is 5.92 Å². The van der Waals surface area contributed by atoms with Crippen molar-refractivity contribution in [3.05, 3.63) is 17.8 Å². The lowest BCUT2D eigenvalue weighted by Gasteiger charge is -2.32. The van der Waals surface area contributed by atoms with E-state index in [1.807, 2.05) is 5.38 Å². The van der Waals surface area contributed by atoms with Gasteiger partial charge < -0.3 is 10.0 Å². The molecule has 0 radical (unpaired) electrons. The molecule has 1 aliphatic rings. The molecule has 1 N–H and O–H groups in total. The minimum atomic E-state index is -0.694. The molecule has 0 aliphatic carbocycles. The molecule has 0 aromatic carbocycles. The maximum Gasteiger partial charge on any atom is 0.303 e. The topological polar surface area (TPSA) is 66.3 Å². The first kappa shape index (κ1) is 12.3. The third-order valence-corrected chi connectivity index (χ3v) is 4.44. The second-order valence-electron chi connectivity index (χ2n) is 4.86. The van der Waals surface area contributed by atoms with E-state index in [-0.39, 0.29) is 6.42 Å². The average Bonchev–Trinajstić information content (AvgIpc) is 2.87. The van der Waals surface area contributed by atoms with E-state index in [1.165, 1.54) is 0 Å². The van der Waals surface area contributed by atoms with Crippen LogP contribution < -0.4 is 4.90 Å². The monoisotopic (exact) mass is 277 g/mol. The Labute approximate surface area is 114 Å². The van der Waals surface area contributed by atoms with Gasteiger partial charge >= 0.3 is 5.97 Å². The van der Waals surface area contributed by atoms with E-state index in [0.29, 0.717) is 5.92 Å². The quantitative estimate of drug-likeness (QED) is 0.933. The molecule has 2 aromatic heterocycles. The molecule has 5 nitrogen and oxygen atoms in total. The molecule has 0 unspecified atom stereocenters. The number of carboxylic acid groups (broad SMARTS) is 1. The maximum absolute atomic E-state index is 10.7. The minimum absolute atomic E-state index is 0.283. The second kappa shape index (κ2) is 5.13. The van der Waals surface area contributed by atoms with Gasteiger partial charge in [-0.05, 0) is 30.2 Å². The summed E-state index contributed by atoms with van der Waals surface area (Å²) in [5.41, 5.74) is 0. The van der Waals surface area contributed by atoms with Crippen LogP contribution in [0.1, 0.15) is 19.3 Å². The molecule has 1 fully saturated rings. The molecule has 19 heavy (non-hydrogen) atoms. The predicted octanol–water partition coefficient (Wildman–Crippen LogP) is 2.38. The number of hydrogen-bond donors (Lipinski definition) is 1. The summed E-state index contributed by atoms with van der Waals surface area (Å²) in [6.07, 6.45) is 3.73. The van der Waals surface area contributed by atoms with Gasteiger partial charge in [-0.15, -0.1) is 11.3 Å². The highest BCUT2D eigenvalue weighted by atomic mass is 32.1. The van der Waals surface area contributed by atoms with E-state index < -0.39 is 5.97 Å². The first-order valence-electron chi connectivity index (χ1n) is 6.39. The van der Waals surface area contributed by atoms with E-state index in [2.05, 4.69) is 20.9 Å². The van der Waals surface area contributed by atoms with Crippen molar-refractivity contribution in [3.8, 4) is 0 Å². The summed E-state index contributed by atoms with van der Waals surface area (Å²) in [6.45, 7) is 1.75. The van der Waals surface area contributed by atoms with E-state index in [9.17, 15) is 4.79 Å². The number of nitrogens with zero attached hydrogens (tertiary/aromatic N) is 3. The molecule has 3 heterocycles. The molecule has 1 aliphatic heterocycles. The van der Waals surface area contributed by atoms with Gasteiger partial charge in [-0.25, -0.2) is 9.97 Å². The van der Waals surface area contributed by atoms with Crippen molar-refractivity contribution in [2.75, 3.05) is 18.0 Å². The van der Waals surface area contributed by atoms with Gasteiger partial charge in [0.05, 0.1) is 5.39 Å². The maximum atomic E-state index is 10.7. The zero-order valence-electron chi connectivity index (χ0n) is 10.5. The van der Waals surface area contributed by atoms with E-state index in [1.54, 1.807) is 17.7 Å².